The van der Waals surface area contributed by atoms with Gasteiger partial charge in [-0.1, -0.05) is 6.42 Å². The molecule has 1 heterocycles. The molecule has 0 radical (unpaired) electrons. The van der Waals surface area contributed by atoms with E-state index in [-0.39, 0.29) is 5.60 Å². The first-order valence-electron chi connectivity index (χ1n) is 5.34. The second-order valence-electron chi connectivity index (χ2n) is 4.07. The minimum Gasteiger partial charge on any atom is -0.465 e. The zero-order chi connectivity index (χ0) is 10.7. The van der Waals surface area contributed by atoms with Crippen LogP contribution < -0.4 is 0 Å². The van der Waals surface area contributed by atoms with Gasteiger partial charge in [-0.05, 0) is 36.9 Å². The molecule has 0 unspecified atom stereocenters. The molecule has 1 saturated carbocycles. The van der Waals surface area contributed by atoms with Crippen LogP contribution in [-0.4, -0.2) is 17.5 Å². The maximum absolute atomic E-state index is 10.6. The SMILES string of the molecule is CC(=O)O/N=C1\C=CC2(CCCCC2)O1. The van der Waals surface area contributed by atoms with Crippen molar-refractivity contribution in [3.8, 4) is 0 Å². The van der Waals surface area contributed by atoms with Crippen LogP contribution in [0, 0.1) is 0 Å². The fourth-order valence-electron chi connectivity index (χ4n) is 2.08. The third-order valence-electron chi connectivity index (χ3n) is 2.80. The molecule has 1 fully saturated rings. The fraction of sp³-hybridized carbons (Fsp3) is 0.636. The van der Waals surface area contributed by atoms with Crippen molar-refractivity contribution >= 4 is 11.9 Å². The molecule has 1 spiro atoms. The largest absolute Gasteiger partial charge is 0.465 e. The number of ether oxygens (including phenoxy) is 1. The van der Waals surface area contributed by atoms with Crippen molar-refractivity contribution in [1.82, 2.24) is 0 Å². The molecule has 4 heteroatoms. The van der Waals surface area contributed by atoms with Crippen LogP contribution in [0.2, 0.25) is 0 Å². The second kappa shape index (κ2) is 4.04. The van der Waals surface area contributed by atoms with Gasteiger partial charge in [-0.2, -0.15) is 0 Å². The lowest BCUT2D eigenvalue weighted by atomic mass is 9.85. The van der Waals surface area contributed by atoms with Gasteiger partial charge in [0, 0.05) is 13.0 Å². The normalized spacial score (nSPS) is 25.5. The van der Waals surface area contributed by atoms with Crippen molar-refractivity contribution in [3.05, 3.63) is 12.2 Å². The number of nitrogens with zero attached hydrogens (tertiary/aromatic N) is 1. The summed E-state index contributed by atoms with van der Waals surface area (Å²) in [5.41, 5.74) is -0.169. The number of oxime groups is 1. The zero-order valence-electron chi connectivity index (χ0n) is 8.86. The smallest absolute Gasteiger partial charge is 0.332 e. The Kier molecular flexibility index (Phi) is 2.75. The van der Waals surface area contributed by atoms with E-state index in [1.165, 1.54) is 26.2 Å². The molecule has 2 rings (SSSR count). The van der Waals surface area contributed by atoms with Gasteiger partial charge in [-0.15, -0.1) is 0 Å². The predicted molar refractivity (Wildman–Crippen MR) is 55.2 cm³/mol. The van der Waals surface area contributed by atoms with Crippen molar-refractivity contribution in [2.24, 2.45) is 5.16 Å². The Morgan fingerprint density at radius 3 is 2.87 bits per heavy atom. The molecule has 2 aliphatic rings. The van der Waals surface area contributed by atoms with Gasteiger partial charge in [0.2, 0.25) is 0 Å². The molecule has 82 valence electrons. The van der Waals surface area contributed by atoms with Gasteiger partial charge < -0.3 is 9.57 Å². The van der Waals surface area contributed by atoms with E-state index >= 15 is 0 Å². The predicted octanol–water partition coefficient (Wildman–Crippen LogP) is 2.15. The summed E-state index contributed by atoms with van der Waals surface area (Å²) < 4.78 is 5.70. The maximum atomic E-state index is 10.6. The van der Waals surface area contributed by atoms with Crippen molar-refractivity contribution in [2.45, 2.75) is 44.6 Å². The highest BCUT2D eigenvalue weighted by atomic mass is 16.7. The molecule has 1 aliphatic heterocycles. The Morgan fingerprint density at radius 1 is 1.47 bits per heavy atom. The molecule has 0 bridgehead atoms. The summed E-state index contributed by atoms with van der Waals surface area (Å²) in [5, 5.41) is 3.63. The highest BCUT2D eigenvalue weighted by molar-refractivity contribution is 5.90. The standard InChI is InChI=1S/C11H15NO3/c1-9(13)15-12-10-5-8-11(14-10)6-3-2-4-7-11/h5,8H,2-4,6-7H2,1H3/b12-10+. The van der Waals surface area contributed by atoms with E-state index in [0.29, 0.717) is 5.90 Å². The van der Waals surface area contributed by atoms with Crippen LogP contribution in [0.15, 0.2) is 17.3 Å². The molecule has 0 amide bonds. The van der Waals surface area contributed by atoms with E-state index in [2.05, 4.69) is 9.99 Å². The molecule has 0 N–H and O–H groups in total. The second-order valence-corrected chi connectivity index (χ2v) is 4.07. The highest BCUT2D eigenvalue weighted by Gasteiger charge is 2.36. The van der Waals surface area contributed by atoms with Gasteiger partial charge in [-0.25, -0.2) is 4.79 Å². The third kappa shape index (κ3) is 2.37. The first-order valence-corrected chi connectivity index (χ1v) is 5.34. The van der Waals surface area contributed by atoms with Crippen LogP contribution >= 0.6 is 0 Å². The number of hydrogen-bond donors (Lipinski definition) is 0. The molecular weight excluding hydrogens is 194 g/mol. The van der Waals surface area contributed by atoms with Crippen LogP contribution in [0.4, 0.5) is 0 Å². The maximum Gasteiger partial charge on any atom is 0.332 e. The highest BCUT2D eigenvalue weighted by Crippen LogP contribution is 2.36. The van der Waals surface area contributed by atoms with Gasteiger partial charge in [0.25, 0.3) is 5.90 Å². The molecule has 0 aromatic heterocycles. The fourth-order valence-corrected chi connectivity index (χ4v) is 2.08. The Balaban J connectivity index is 1.97. The summed E-state index contributed by atoms with van der Waals surface area (Å²) in [6.07, 6.45) is 9.53. The van der Waals surface area contributed by atoms with Crippen molar-refractivity contribution < 1.29 is 14.4 Å². The average molecular weight is 209 g/mol. The molecule has 0 atom stereocenters. The van der Waals surface area contributed by atoms with E-state index in [4.69, 9.17) is 4.74 Å². The van der Waals surface area contributed by atoms with Crippen LogP contribution in [0.1, 0.15) is 39.0 Å². The Bertz CT molecular complexity index is 314. The minimum absolute atomic E-state index is 0.169. The van der Waals surface area contributed by atoms with E-state index < -0.39 is 5.97 Å². The van der Waals surface area contributed by atoms with Gasteiger partial charge >= 0.3 is 5.97 Å². The molecule has 0 aromatic carbocycles. The molecule has 4 nitrogen and oxygen atoms in total. The van der Waals surface area contributed by atoms with Crippen LogP contribution in [-0.2, 0) is 14.4 Å². The molecular formula is C11H15NO3. The van der Waals surface area contributed by atoms with Crippen LogP contribution in [0.5, 0.6) is 0 Å². The van der Waals surface area contributed by atoms with Crippen molar-refractivity contribution in [2.75, 3.05) is 0 Å². The molecule has 1 aliphatic carbocycles. The molecule has 0 saturated heterocycles. The lowest BCUT2D eigenvalue weighted by Gasteiger charge is -2.30. The number of carbonyl (C=O) groups is 1. The topological polar surface area (TPSA) is 47.9 Å². The Hall–Kier alpha value is -1.32. The van der Waals surface area contributed by atoms with Gasteiger partial charge in [0.05, 0.1) is 0 Å². The lowest BCUT2D eigenvalue weighted by molar-refractivity contribution is -0.141. The zero-order valence-corrected chi connectivity index (χ0v) is 8.86. The van der Waals surface area contributed by atoms with E-state index in [9.17, 15) is 4.79 Å². The van der Waals surface area contributed by atoms with Gasteiger partial charge in [0.15, 0.2) is 0 Å². The van der Waals surface area contributed by atoms with Gasteiger partial charge in [0.1, 0.15) is 5.60 Å². The number of carbonyl (C=O) groups excluding carboxylic acids is 1. The van der Waals surface area contributed by atoms with E-state index in [1.807, 2.05) is 6.08 Å². The lowest BCUT2D eigenvalue weighted by Crippen LogP contribution is -2.30. The van der Waals surface area contributed by atoms with E-state index in [0.717, 1.165) is 12.8 Å². The third-order valence-corrected chi connectivity index (χ3v) is 2.80. The summed E-state index contributed by atoms with van der Waals surface area (Å²) in [6, 6.07) is 0. The Morgan fingerprint density at radius 2 is 2.20 bits per heavy atom. The minimum atomic E-state index is -0.427. The summed E-state index contributed by atoms with van der Waals surface area (Å²) >= 11 is 0. The number of hydrogen-bond acceptors (Lipinski definition) is 4. The van der Waals surface area contributed by atoms with Crippen LogP contribution in [0.25, 0.3) is 0 Å². The summed E-state index contributed by atoms with van der Waals surface area (Å²) in [5.74, 6) is -0.0174. The molecule has 15 heavy (non-hydrogen) atoms. The first-order chi connectivity index (χ1) is 7.20. The summed E-state index contributed by atoms with van der Waals surface area (Å²) in [7, 11) is 0. The number of rotatable bonds is 1. The quantitative estimate of drug-likeness (QED) is 0.491. The Labute approximate surface area is 88.9 Å². The monoisotopic (exact) mass is 209 g/mol. The van der Waals surface area contributed by atoms with Crippen molar-refractivity contribution in [3.63, 3.8) is 0 Å². The molecule has 0 aromatic rings. The van der Waals surface area contributed by atoms with E-state index in [1.54, 1.807) is 6.08 Å². The van der Waals surface area contributed by atoms with Gasteiger partial charge in [-0.3, -0.25) is 0 Å². The first kappa shape index (κ1) is 10.2. The summed E-state index contributed by atoms with van der Waals surface area (Å²) in [6.45, 7) is 1.32. The van der Waals surface area contributed by atoms with Crippen molar-refractivity contribution in [1.29, 1.82) is 0 Å². The summed E-state index contributed by atoms with van der Waals surface area (Å²) in [4.78, 5) is 15.1. The average Bonchev–Trinajstić information content (AvgIpc) is 2.60. The van der Waals surface area contributed by atoms with Crippen LogP contribution in [0.3, 0.4) is 0 Å².